The number of halogens is 2. The molecule has 0 aliphatic carbocycles. The van der Waals surface area contributed by atoms with Gasteiger partial charge < -0.3 is 10.2 Å². The van der Waals surface area contributed by atoms with E-state index < -0.39 is 5.82 Å². The highest BCUT2D eigenvalue weighted by molar-refractivity contribution is 6.28. The first kappa shape index (κ1) is 10.1. The maximum absolute atomic E-state index is 13.3. The maximum Gasteiger partial charge on any atom is 0.239 e. The summed E-state index contributed by atoms with van der Waals surface area (Å²) in [5.41, 5.74) is 0. The van der Waals surface area contributed by atoms with E-state index in [0.29, 0.717) is 13.1 Å². The van der Waals surface area contributed by atoms with Crippen LogP contribution in [0.4, 0.5) is 10.2 Å². The van der Waals surface area contributed by atoms with Crippen LogP contribution in [0.15, 0.2) is 6.20 Å². The molecule has 0 spiro atoms. The number of piperazine rings is 1. The van der Waals surface area contributed by atoms with Gasteiger partial charge in [-0.05, 0) is 11.6 Å². The minimum Gasteiger partial charge on any atom is -0.353 e. The molecule has 1 aliphatic heterocycles. The summed E-state index contributed by atoms with van der Waals surface area (Å²) in [6.45, 7) is 1.07. The van der Waals surface area contributed by atoms with Crippen molar-refractivity contribution in [3.63, 3.8) is 0 Å². The average molecular weight is 231 g/mol. The minimum atomic E-state index is -0.575. The molecule has 2 rings (SSSR count). The number of aromatic nitrogens is 2. The molecule has 2 heterocycles. The van der Waals surface area contributed by atoms with Gasteiger partial charge in [-0.3, -0.25) is 4.79 Å². The van der Waals surface area contributed by atoms with E-state index in [2.05, 4.69) is 15.3 Å². The Bertz CT molecular complexity index is 400. The number of nitrogens with one attached hydrogen (secondary N) is 1. The first-order valence-corrected chi connectivity index (χ1v) is 4.74. The first-order chi connectivity index (χ1) is 7.16. The molecular weight excluding hydrogens is 223 g/mol. The fourth-order valence-electron chi connectivity index (χ4n) is 1.38. The van der Waals surface area contributed by atoms with Crippen LogP contribution in [0.3, 0.4) is 0 Å². The molecule has 5 nitrogen and oxygen atoms in total. The molecule has 0 unspecified atom stereocenters. The molecule has 80 valence electrons. The van der Waals surface area contributed by atoms with Crippen molar-refractivity contribution < 1.29 is 9.18 Å². The number of hydrogen-bond acceptors (Lipinski definition) is 4. The lowest BCUT2D eigenvalue weighted by Gasteiger charge is -2.27. The number of anilines is 1. The lowest BCUT2D eigenvalue weighted by Crippen LogP contribution is -2.48. The van der Waals surface area contributed by atoms with Gasteiger partial charge in [-0.25, -0.2) is 9.37 Å². The summed E-state index contributed by atoms with van der Waals surface area (Å²) < 4.78 is 13.3. The van der Waals surface area contributed by atoms with E-state index in [1.54, 1.807) is 0 Å². The second-order valence-electron chi connectivity index (χ2n) is 3.08. The van der Waals surface area contributed by atoms with Crippen LogP contribution in [0.25, 0.3) is 0 Å². The third kappa shape index (κ3) is 2.15. The summed E-state index contributed by atoms with van der Waals surface area (Å²) in [7, 11) is 0. The molecule has 7 heteroatoms. The van der Waals surface area contributed by atoms with Gasteiger partial charge in [0.25, 0.3) is 0 Å². The Morgan fingerprint density at radius 3 is 3.13 bits per heavy atom. The summed E-state index contributed by atoms with van der Waals surface area (Å²) in [5.74, 6) is -0.658. The molecule has 1 aromatic heterocycles. The predicted molar refractivity (Wildman–Crippen MR) is 52.2 cm³/mol. The van der Waals surface area contributed by atoms with E-state index >= 15 is 0 Å². The van der Waals surface area contributed by atoms with Crippen molar-refractivity contribution in [3.05, 3.63) is 17.3 Å². The summed E-state index contributed by atoms with van der Waals surface area (Å²) in [5, 5.41) is 2.61. The number of rotatable bonds is 1. The average Bonchev–Trinajstić information content (AvgIpc) is 2.22. The molecule has 1 fully saturated rings. The Kier molecular flexibility index (Phi) is 2.68. The Morgan fingerprint density at radius 2 is 2.40 bits per heavy atom. The van der Waals surface area contributed by atoms with E-state index in [-0.39, 0.29) is 23.6 Å². The largest absolute Gasteiger partial charge is 0.353 e. The van der Waals surface area contributed by atoms with E-state index in [1.807, 2.05) is 0 Å². The fraction of sp³-hybridized carbons (Fsp3) is 0.375. The summed E-state index contributed by atoms with van der Waals surface area (Å²) in [6, 6.07) is 0. The Morgan fingerprint density at radius 1 is 1.60 bits per heavy atom. The Balaban J connectivity index is 2.27. The SMILES string of the molecule is O=C1CN(c2nc(Cl)ncc2F)CCN1. The number of carbonyl (C=O) groups excluding carboxylic acids is 1. The van der Waals surface area contributed by atoms with Gasteiger partial charge in [0, 0.05) is 13.1 Å². The highest BCUT2D eigenvalue weighted by Crippen LogP contribution is 2.17. The quantitative estimate of drug-likeness (QED) is 0.701. The zero-order valence-electron chi connectivity index (χ0n) is 7.70. The third-order valence-electron chi connectivity index (χ3n) is 2.03. The van der Waals surface area contributed by atoms with Gasteiger partial charge in [-0.1, -0.05) is 0 Å². The van der Waals surface area contributed by atoms with Crippen LogP contribution in [-0.4, -0.2) is 35.5 Å². The first-order valence-electron chi connectivity index (χ1n) is 4.36. The topological polar surface area (TPSA) is 58.1 Å². The van der Waals surface area contributed by atoms with Crippen LogP contribution in [0.1, 0.15) is 0 Å². The molecule has 1 saturated heterocycles. The lowest BCUT2D eigenvalue weighted by molar-refractivity contribution is -0.120. The van der Waals surface area contributed by atoms with Crippen molar-refractivity contribution >= 4 is 23.3 Å². The predicted octanol–water partition coefficient (Wildman–Crippen LogP) is 0.205. The van der Waals surface area contributed by atoms with Crippen LogP contribution >= 0.6 is 11.6 Å². The zero-order chi connectivity index (χ0) is 10.8. The molecule has 0 bridgehead atoms. The molecule has 0 atom stereocenters. The van der Waals surface area contributed by atoms with Crippen LogP contribution in [-0.2, 0) is 4.79 Å². The van der Waals surface area contributed by atoms with E-state index in [1.165, 1.54) is 4.90 Å². The van der Waals surface area contributed by atoms with Crippen LogP contribution in [0.2, 0.25) is 5.28 Å². The van der Waals surface area contributed by atoms with E-state index in [9.17, 15) is 9.18 Å². The Labute approximate surface area is 90.3 Å². The van der Waals surface area contributed by atoms with Crippen molar-refractivity contribution in [2.45, 2.75) is 0 Å². The highest BCUT2D eigenvalue weighted by Gasteiger charge is 2.20. The van der Waals surface area contributed by atoms with Gasteiger partial charge >= 0.3 is 0 Å². The number of nitrogens with zero attached hydrogens (tertiary/aromatic N) is 3. The van der Waals surface area contributed by atoms with Gasteiger partial charge in [0.05, 0.1) is 12.7 Å². The van der Waals surface area contributed by atoms with Crippen LogP contribution < -0.4 is 10.2 Å². The van der Waals surface area contributed by atoms with Gasteiger partial charge in [0.15, 0.2) is 11.6 Å². The smallest absolute Gasteiger partial charge is 0.239 e. The van der Waals surface area contributed by atoms with Crippen molar-refractivity contribution in [2.24, 2.45) is 0 Å². The number of amides is 1. The van der Waals surface area contributed by atoms with Crippen molar-refractivity contribution in [1.29, 1.82) is 0 Å². The molecule has 1 aromatic rings. The van der Waals surface area contributed by atoms with E-state index in [0.717, 1.165) is 6.20 Å². The summed E-state index contributed by atoms with van der Waals surface area (Å²) >= 11 is 5.56. The van der Waals surface area contributed by atoms with Gasteiger partial charge in [-0.2, -0.15) is 4.98 Å². The monoisotopic (exact) mass is 230 g/mol. The molecule has 15 heavy (non-hydrogen) atoms. The van der Waals surface area contributed by atoms with E-state index in [4.69, 9.17) is 11.6 Å². The van der Waals surface area contributed by atoms with Crippen molar-refractivity contribution in [3.8, 4) is 0 Å². The van der Waals surface area contributed by atoms with Crippen molar-refractivity contribution in [2.75, 3.05) is 24.5 Å². The third-order valence-corrected chi connectivity index (χ3v) is 2.22. The fourth-order valence-corrected chi connectivity index (χ4v) is 1.51. The number of hydrogen-bond donors (Lipinski definition) is 1. The molecule has 1 amide bonds. The molecule has 0 aromatic carbocycles. The summed E-state index contributed by atoms with van der Waals surface area (Å²) in [6.07, 6.45) is 0.997. The summed E-state index contributed by atoms with van der Waals surface area (Å²) in [4.78, 5) is 19.9. The van der Waals surface area contributed by atoms with Crippen molar-refractivity contribution in [1.82, 2.24) is 15.3 Å². The molecule has 1 N–H and O–H groups in total. The Hall–Kier alpha value is -1.43. The molecule has 0 radical (unpaired) electrons. The second kappa shape index (κ2) is 3.98. The normalized spacial score (nSPS) is 16.4. The maximum atomic E-state index is 13.3. The minimum absolute atomic E-state index is 0.0302. The van der Waals surface area contributed by atoms with Crippen LogP contribution in [0.5, 0.6) is 0 Å². The second-order valence-corrected chi connectivity index (χ2v) is 3.42. The number of carbonyl (C=O) groups is 1. The molecular formula is C8H8ClFN4O. The molecule has 1 aliphatic rings. The standard InChI is InChI=1S/C8H8ClFN4O/c9-8-12-3-5(10)7(13-8)14-2-1-11-6(15)4-14/h3H,1-2,4H2,(H,11,15). The van der Waals surface area contributed by atoms with Gasteiger partial charge in [0.2, 0.25) is 11.2 Å². The lowest BCUT2D eigenvalue weighted by atomic mass is 10.3. The highest BCUT2D eigenvalue weighted by atomic mass is 35.5. The van der Waals surface area contributed by atoms with Gasteiger partial charge in [0.1, 0.15) is 0 Å². The van der Waals surface area contributed by atoms with Gasteiger partial charge in [-0.15, -0.1) is 0 Å². The van der Waals surface area contributed by atoms with Crippen LogP contribution in [0, 0.1) is 5.82 Å². The zero-order valence-corrected chi connectivity index (χ0v) is 8.46. The molecule has 0 saturated carbocycles.